The molecule has 1 N–H and O–H groups in total. The lowest BCUT2D eigenvalue weighted by Crippen LogP contribution is -2.60. The molecule has 0 radical (unpaired) electrons. The number of fused-ring (bicyclic) bond motifs is 2. The predicted molar refractivity (Wildman–Crippen MR) is 54.2 cm³/mol. The van der Waals surface area contributed by atoms with E-state index >= 15 is 0 Å². The molecule has 0 aromatic rings. The van der Waals surface area contributed by atoms with Gasteiger partial charge in [0.1, 0.15) is 11.7 Å². The van der Waals surface area contributed by atoms with Gasteiger partial charge in [-0.3, -0.25) is 0 Å². The molecule has 2 rings (SSSR count). The van der Waals surface area contributed by atoms with E-state index in [-0.39, 0.29) is 11.7 Å². The van der Waals surface area contributed by atoms with Gasteiger partial charge in [-0.2, -0.15) is 0 Å². The van der Waals surface area contributed by atoms with Crippen molar-refractivity contribution in [2.45, 2.75) is 58.4 Å². The number of ether oxygens (including phenoxy) is 3. The summed E-state index contributed by atoms with van der Waals surface area (Å²) < 4.78 is 17.0. The summed E-state index contributed by atoms with van der Waals surface area (Å²) in [6.45, 7) is 10.1. The van der Waals surface area contributed by atoms with Crippen LogP contribution in [0.2, 0.25) is 0 Å². The van der Waals surface area contributed by atoms with Crippen molar-refractivity contribution in [3.63, 3.8) is 0 Å². The Morgan fingerprint density at radius 3 is 2.27 bits per heavy atom. The highest BCUT2D eigenvalue weighted by atomic mass is 16.8. The van der Waals surface area contributed by atoms with E-state index in [1.54, 1.807) is 6.92 Å². The second-order valence-corrected chi connectivity index (χ2v) is 5.95. The molecule has 2 saturated heterocycles. The summed E-state index contributed by atoms with van der Waals surface area (Å²) in [5.74, 6) is -0.926. The molecule has 0 aromatic heterocycles. The van der Waals surface area contributed by atoms with Crippen LogP contribution in [0.15, 0.2) is 0 Å². The molecule has 0 amide bonds. The summed E-state index contributed by atoms with van der Waals surface area (Å²) in [7, 11) is 0. The molecule has 2 aliphatic rings. The van der Waals surface area contributed by atoms with Crippen LogP contribution >= 0.6 is 0 Å². The standard InChI is InChI=1S/C11H20O4/c1-9(2,3)8-14-10(4)6-13-11(5,15-8)7(10)12/h7-8,12H,6H2,1-5H3/t7-,8-,10-,11-/m0/s1. The van der Waals surface area contributed by atoms with Crippen LogP contribution in [0.25, 0.3) is 0 Å². The van der Waals surface area contributed by atoms with Gasteiger partial charge in [0.25, 0.3) is 0 Å². The van der Waals surface area contributed by atoms with E-state index in [4.69, 9.17) is 14.2 Å². The quantitative estimate of drug-likeness (QED) is 0.662. The Bertz CT molecular complexity index is 252. The van der Waals surface area contributed by atoms with E-state index in [2.05, 4.69) is 0 Å². The van der Waals surface area contributed by atoms with Crippen LogP contribution in [0.3, 0.4) is 0 Å². The van der Waals surface area contributed by atoms with E-state index in [0.717, 1.165) is 0 Å². The minimum atomic E-state index is -0.926. The molecule has 0 unspecified atom stereocenters. The van der Waals surface area contributed by atoms with Gasteiger partial charge in [-0.1, -0.05) is 20.8 Å². The zero-order valence-corrected chi connectivity index (χ0v) is 10.0. The van der Waals surface area contributed by atoms with Gasteiger partial charge in [0.05, 0.1) is 6.61 Å². The molecule has 88 valence electrons. The molecule has 2 fully saturated rings. The maximum absolute atomic E-state index is 10.0. The third-order valence-corrected chi connectivity index (χ3v) is 3.14. The Balaban J connectivity index is 2.27. The van der Waals surface area contributed by atoms with Gasteiger partial charge in [0, 0.05) is 5.41 Å². The molecule has 0 spiro atoms. The minimum absolute atomic E-state index is 0.129. The first-order valence-electron chi connectivity index (χ1n) is 5.35. The first-order valence-corrected chi connectivity index (χ1v) is 5.35. The van der Waals surface area contributed by atoms with Gasteiger partial charge in [-0.15, -0.1) is 0 Å². The normalized spacial score (nSPS) is 50.8. The van der Waals surface area contributed by atoms with E-state index in [1.165, 1.54) is 0 Å². The molecule has 4 nitrogen and oxygen atoms in total. The van der Waals surface area contributed by atoms with Gasteiger partial charge in [-0.05, 0) is 13.8 Å². The summed E-state index contributed by atoms with van der Waals surface area (Å²) in [6.07, 6.45) is -1.08. The maximum Gasteiger partial charge on any atom is 0.197 e. The number of hydrogen-bond donors (Lipinski definition) is 1. The van der Waals surface area contributed by atoms with Gasteiger partial charge >= 0.3 is 0 Å². The molecule has 0 aromatic carbocycles. The van der Waals surface area contributed by atoms with E-state index in [0.29, 0.717) is 6.61 Å². The van der Waals surface area contributed by atoms with Crippen LogP contribution < -0.4 is 0 Å². The molecule has 4 atom stereocenters. The summed E-state index contributed by atoms with van der Waals surface area (Å²) >= 11 is 0. The Morgan fingerprint density at radius 2 is 1.80 bits per heavy atom. The first-order chi connectivity index (χ1) is 6.67. The fourth-order valence-electron chi connectivity index (χ4n) is 2.03. The van der Waals surface area contributed by atoms with Crippen molar-refractivity contribution in [2.24, 2.45) is 5.41 Å². The van der Waals surface area contributed by atoms with Crippen LogP contribution in [0.5, 0.6) is 0 Å². The van der Waals surface area contributed by atoms with Crippen molar-refractivity contribution < 1.29 is 19.3 Å². The second kappa shape index (κ2) is 2.94. The number of rotatable bonds is 0. The fraction of sp³-hybridized carbons (Fsp3) is 1.00. The third kappa shape index (κ3) is 1.60. The fourth-order valence-corrected chi connectivity index (χ4v) is 2.03. The van der Waals surface area contributed by atoms with Crippen LogP contribution in [-0.4, -0.2) is 35.5 Å². The van der Waals surface area contributed by atoms with Crippen molar-refractivity contribution in [1.82, 2.24) is 0 Å². The number of aliphatic hydroxyl groups is 1. The Hall–Kier alpha value is -0.160. The van der Waals surface area contributed by atoms with Crippen molar-refractivity contribution in [1.29, 1.82) is 0 Å². The average Bonchev–Trinajstić information content (AvgIpc) is 2.27. The molecule has 2 heterocycles. The zero-order chi connectivity index (χ0) is 11.5. The van der Waals surface area contributed by atoms with Crippen LogP contribution in [-0.2, 0) is 14.2 Å². The molecule has 15 heavy (non-hydrogen) atoms. The summed E-state index contributed by atoms with van der Waals surface area (Å²) in [6, 6.07) is 0. The Labute approximate surface area is 90.5 Å². The van der Waals surface area contributed by atoms with Gasteiger partial charge in [-0.25, -0.2) is 0 Å². The highest BCUT2D eigenvalue weighted by Gasteiger charge is 2.62. The van der Waals surface area contributed by atoms with E-state index in [9.17, 15) is 5.11 Å². The van der Waals surface area contributed by atoms with E-state index < -0.39 is 17.5 Å². The monoisotopic (exact) mass is 216 g/mol. The average molecular weight is 216 g/mol. The predicted octanol–water partition coefficient (Wildman–Crippen LogP) is 1.27. The van der Waals surface area contributed by atoms with Crippen LogP contribution in [0.4, 0.5) is 0 Å². The maximum atomic E-state index is 10.0. The molecule has 2 bridgehead atoms. The molecular formula is C11H20O4. The van der Waals surface area contributed by atoms with Crippen molar-refractivity contribution in [3.05, 3.63) is 0 Å². The number of aliphatic hydroxyl groups excluding tert-OH is 1. The van der Waals surface area contributed by atoms with E-state index in [1.807, 2.05) is 27.7 Å². The molecule has 0 saturated carbocycles. The summed E-state index contributed by atoms with van der Waals surface area (Å²) in [5.41, 5.74) is -0.776. The lowest BCUT2D eigenvalue weighted by molar-refractivity contribution is -0.377. The highest BCUT2D eigenvalue weighted by molar-refractivity contribution is 5.02. The molecule has 4 heteroatoms. The van der Waals surface area contributed by atoms with Gasteiger partial charge in [0.15, 0.2) is 12.1 Å². The zero-order valence-electron chi connectivity index (χ0n) is 10.0. The number of hydrogen-bond acceptors (Lipinski definition) is 4. The van der Waals surface area contributed by atoms with Crippen LogP contribution in [0.1, 0.15) is 34.6 Å². The first kappa shape index (κ1) is 11.3. The highest BCUT2D eigenvalue weighted by Crippen LogP contribution is 2.46. The SMILES string of the molecule is CC(C)(C)[C@@H]1O[C@]2(C)OC[C@](C)(O1)[C@@H]2O. The lowest BCUT2D eigenvalue weighted by Gasteiger charge is -2.46. The van der Waals surface area contributed by atoms with Gasteiger partial charge < -0.3 is 19.3 Å². The van der Waals surface area contributed by atoms with Crippen LogP contribution in [0, 0.1) is 5.41 Å². The molecular weight excluding hydrogens is 196 g/mol. The Kier molecular flexibility index (Phi) is 2.22. The molecule has 0 aliphatic carbocycles. The summed E-state index contributed by atoms with van der Waals surface area (Å²) in [5, 5.41) is 10.0. The van der Waals surface area contributed by atoms with Crippen molar-refractivity contribution >= 4 is 0 Å². The second-order valence-electron chi connectivity index (χ2n) is 5.95. The molecule has 2 aliphatic heterocycles. The topological polar surface area (TPSA) is 47.9 Å². The summed E-state index contributed by atoms with van der Waals surface area (Å²) in [4.78, 5) is 0. The largest absolute Gasteiger partial charge is 0.384 e. The van der Waals surface area contributed by atoms with Crippen molar-refractivity contribution in [2.75, 3.05) is 6.61 Å². The van der Waals surface area contributed by atoms with Crippen molar-refractivity contribution in [3.8, 4) is 0 Å². The third-order valence-electron chi connectivity index (χ3n) is 3.14. The Morgan fingerprint density at radius 1 is 1.20 bits per heavy atom. The lowest BCUT2D eigenvalue weighted by atomic mass is 9.90. The smallest absolute Gasteiger partial charge is 0.197 e. The van der Waals surface area contributed by atoms with Gasteiger partial charge in [0.2, 0.25) is 0 Å². The minimum Gasteiger partial charge on any atom is -0.384 e.